The molecule has 1 amide bonds. The summed E-state index contributed by atoms with van der Waals surface area (Å²) in [6.45, 7) is 2.75. The number of fused-ring (bicyclic) bond motifs is 1. The van der Waals surface area contributed by atoms with Gasteiger partial charge in [-0.2, -0.15) is 13.2 Å². The van der Waals surface area contributed by atoms with Crippen molar-refractivity contribution in [2.75, 3.05) is 7.05 Å². The molecule has 0 unspecified atom stereocenters. The van der Waals surface area contributed by atoms with E-state index in [2.05, 4.69) is 0 Å². The van der Waals surface area contributed by atoms with Crippen molar-refractivity contribution in [2.24, 2.45) is 7.05 Å². The number of pyridine rings is 1. The third kappa shape index (κ3) is 4.91. The Kier molecular flexibility index (Phi) is 7.10. The van der Waals surface area contributed by atoms with E-state index in [1.54, 1.807) is 48.5 Å². The van der Waals surface area contributed by atoms with E-state index in [0.717, 1.165) is 7.05 Å². The van der Waals surface area contributed by atoms with E-state index >= 15 is 0 Å². The standard InChI is InChI=1S/C29H24F6N2O2/c1-16-17(2)24(28(30,31)32)23-22(20(16)15-18-11-7-5-8-12-18)21(19-13-9-6-10-14-19)25(36(3)26(23)38)27(39)37(4)29(33,34)35/h5-14H,15H2,1-4H3. The molecule has 204 valence electrons. The van der Waals surface area contributed by atoms with Crippen molar-refractivity contribution in [2.45, 2.75) is 32.7 Å². The van der Waals surface area contributed by atoms with Crippen LogP contribution < -0.4 is 5.56 Å². The van der Waals surface area contributed by atoms with E-state index < -0.39 is 45.5 Å². The van der Waals surface area contributed by atoms with Gasteiger partial charge in [-0.25, -0.2) is 0 Å². The second kappa shape index (κ2) is 9.91. The summed E-state index contributed by atoms with van der Waals surface area (Å²) in [5.74, 6) is -1.57. The molecule has 0 fully saturated rings. The van der Waals surface area contributed by atoms with Crippen LogP contribution in [0, 0.1) is 13.8 Å². The SMILES string of the molecule is Cc1c(C)c(C(F)(F)F)c2c(=O)n(C)c(C(=O)N(C)C(F)(F)F)c(-c3ccccc3)c2c1Cc1ccccc1. The Hall–Kier alpha value is -4.08. The highest BCUT2D eigenvalue weighted by Crippen LogP contribution is 2.44. The second-order valence-corrected chi connectivity index (χ2v) is 9.30. The van der Waals surface area contributed by atoms with Crippen LogP contribution >= 0.6 is 0 Å². The van der Waals surface area contributed by atoms with Crippen molar-refractivity contribution >= 4 is 16.7 Å². The van der Waals surface area contributed by atoms with Gasteiger partial charge in [0.1, 0.15) is 5.69 Å². The molecular formula is C29H24F6N2O2. The van der Waals surface area contributed by atoms with Gasteiger partial charge in [-0.05, 0) is 48.1 Å². The number of alkyl halides is 6. The number of rotatable bonds is 4. The number of aromatic nitrogens is 1. The first-order valence-electron chi connectivity index (χ1n) is 11.9. The van der Waals surface area contributed by atoms with Gasteiger partial charge >= 0.3 is 12.5 Å². The van der Waals surface area contributed by atoms with Crippen LogP contribution in [0.4, 0.5) is 26.3 Å². The number of carbonyl (C=O) groups is 1. The Morgan fingerprint density at radius 1 is 0.846 bits per heavy atom. The minimum atomic E-state index is -5.09. The third-order valence-electron chi connectivity index (χ3n) is 6.99. The average Bonchev–Trinajstić information content (AvgIpc) is 2.88. The lowest BCUT2D eigenvalue weighted by atomic mass is 9.83. The third-order valence-corrected chi connectivity index (χ3v) is 6.99. The molecule has 10 heteroatoms. The van der Waals surface area contributed by atoms with Crippen LogP contribution in [-0.4, -0.2) is 28.7 Å². The summed E-state index contributed by atoms with van der Waals surface area (Å²) in [6.07, 6.45) is -9.96. The minimum Gasteiger partial charge on any atom is -0.306 e. The van der Waals surface area contributed by atoms with Crippen LogP contribution in [-0.2, 0) is 19.6 Å². The Balaban J connectivity index is 2.33. The largest absolute Gasteiger partial charge is 0.487 e. The number of nitrogens with zero attached hydrogens (tertiary/aromatic N) is 2. The van der Waals surface area contributed by atoms with Gasteiger partial charge in [0.2, 0.25) is 0 Å². The maximum Gasteiger partial charge on any atom is 0.487 e. The summed E-state index contributed by atoms with van der Waals surface area (Å²) in [5.41, 5.74) is -1.93. The monoisotopic (exact) mass is 546 g/mol. The fraction of sp³-hybridized carbons (Fsp3) is 0.241. The predicted molar refractivity (Wildman–Crippen MR) is 136 cm³/mol. The zero-order valence-corrected chi connectivity index (χ0v) is 21.5. The number of benzene rings is 3. The van der Waals surface area contributed by atoms with Crippen LogP contribution in [0.1, 0.15) is 38.3 Å². The van der Waals surface area contributed by atoms with Gasteiger partial charge < -0.3 is 4.57 Å². The van der Waals surface area contributed by atoms with Gasteiger partial charge in [0.25, 0.3) is 11.5 Å². The van der Waals surface area contributed by atoms with Crippen molar-refractivity contribution in [3.8, 4) is 11.1 Å². The van der Waals surface area contributed by atoms with E-state index in [-0.39, 0.29) is 34.1 Å². The topological polar surface area (TPSA) is 42.3 Å². The molecule has 4 nitrogen and oxygen atoms in total. The van der Waals surface area contributed by atoms with Gasteiger partial charge in [0, 0.05) is 25.0 Å². The number of amides is 1. The molecule has 4 aromatic rings. The summed E-state index contributed by atoms with van der Waals surface area (Å²) < 4.78 is 85.1. The molecule has 1 heterocycles. The number of hydrogen-bond donors (Lipinski definition) is 0. The quantitative estimate of drug-likeness (QED) is 0.204. The van der Waals surface area contributed by atoms with Crippen LogP contribution in [0.2, 0.25) is 0 Å². The zero-order chi connectivity index (χ0) is 28.9. The molecule has 0 saturated carbocycles. The molecular weight excluding hydrogens is 522 g/mol. The first-order chi connectivity index (χ1) is 18.2. The zero-order valence-electron chi connectivity index (χ0n) is 21.5. The second-order valence-electron chi connectivity index (χ2n) is 9.30. The van der Waals surface area contributed by atoms with E-state index in [4.69, 9.17) is 0 Å². The molecule has 39 heavy (non-hydrogen) atoms. The molecule has 0 N–H and O–H groups in total. The van der Waals surface area contributed by atoms with Crippen molar-refractivity contribution < 1.29 is 31.1 Å². The van der Waals surface area contributed by atoms with Crippen molar-refractivity contribution in [3.63, 3.8) is 0 Å². The smallest absolute Gasteiger partial charge is 0.306 e. The minimum absolute atomic E-state index is 0.0812. The molecule has 0 aliphatic carbocycles. The molecule has 0 aliphatic heterocycles. The Bertz CT molecular complexity index is 1620. The Morgan fingerprint density at radius 3 is 1.90 bits per heavy atom. The lowest BCUT2D eigenvalue weighted by Gasteiger charge is -2.27. The molecule has 3 aromatic carbocycles. The molecule has 1 aromatic heterocycles. The molecule has 0 saturated heterocycles. The van der Waals surface area contributed by atoms with E-state index in [9.17, 15) is 35.9 Å². The summed E-state index contributed by atoms with van der Waals surface area (Å²) >= 11 is 0. The number of carbonyl (C=O) groups excluding carboxylic acids is 1. The van der Waals surface area contributed by atoms with E-state index in [1.165, 1.54) is 26.0 Å². The molecule has 0 radical (unpaired) electrons. The number of hydrogen-bond acceptors (Lipinski definition) is 2. The highest BCUT2D eigenvalue weighted by molar-refractivity contribution is 6.11. The maximum absolute atomic E-state index is 14.5. The summed E-state index contributed by atoms with van der Waals surface area (Å²) in [4.78, 5) is 26.5. The van der Waals surface area contributed by atoms with Gasteiger partial charge in [-0.1, -0.05) is 60.7 Å². The van der Waals surface area contributed by atoms with Gasteiger partial charge in [-0.15, -0.1) is 13.2 Å². The fourth-order valence-corrected chi connectivity index (χ4v) is 4.90. The van der Waals surface area contributed by atoms with Crippen molar-refractivity contribution in [3.05, 3.63) is 105 Å². The Labute approximate surface area is 220 Å². The highest BCUT2D eigenvalue weighted by Gasteiger charge is 2.42. The van der Waals surface area contributed by atoms with Gasteiger partial charge in [0.05, 0.1) is 10.9 Å². The predicted octanol–water partition coefficient (Wildman–Crippen LogP) is 7.02. The molecule has 0 bridgehead atoms. The number of halogens is 6. The highest BCUT2D eigenvalue weighted by atomic mass is 19.4. The van der Waals surface area contributed by atoms with E-state index in [0.29, 0.717) is 22.7 Å². The summed E-state index contributed by atoms with van der Waals surface area (Å²) in [7, 11) is 1.52. The average molecular weight is 547 g/mol. The molecule has 4 rings (SSSR count). The van der Waals surface area contributed by atoms with Gasteiger partial charge in [-0.3, -0.25) is 14.5 Å². The Morgan fingerprint density at radius 2 is 1.38 bits per heavy atom. The van der Waals surface area contributed by atoms with E-state index in [1.807, 2.05) is 0 Å². The molecule has 0 atom stereocenters. The molecule has 0 spiro atoms. The van der Waals surface area contributed by atoms with Crippen LogP contribution in [0.15, 0.2) is 65.5 Å². The van der Waals surface area contributed by atoms with Crippen LogP contribution in [0.5, 0.6) is 0 Å². The van der Waals surface area contributed by atoms with Crippen LogP contribution in [0.25, 0.3) is 21.9 Å². The first kappa shape index (κ1) is 27.9. The van der Waals surface area contributed by atoms with Crippen molar-refractivity contribution in [1.82, 2.24) is 9.47 Å². The summed E-state index contributed by atoms with van der Waals surface area (Å²) in [6, 6.07) is 16.5. The van der Waals surface area contributed by atoms with Gasteiger partial charge in [0.15, 0.2) is 0 Å². The summed E-state index contributed by atoms with van der Waals surface area (Å²) in [5, 5.41) is -0.883. The normalized spacial score (nSPS) is 12.2. The fourth-order valence-electron chi connectivity index (χ4n) is 4.90. The van der Waals surface area contributed by atoms with Crippen LogP contribution in [0.3, 0.4) is 0 Å². The van der Waals surface area contributed by atoms with Crippen molar-refractivity contribution in [1.29, 1.82) is 0 Å². The lowest BCUT2D eigenvalue weighted by molar-refractivity contribution is -0.216. The lowest BCUT2D eigenvalue weighted by Crippen LogP contribution is -2.42. The maximum atomic E-state index is 14.5. The first-order valence-corrected chi connectivity index (χ1v) is 11.9. The molecule has 0 aliphatic rings.